The van der Waals surface area contributed by atoms with E-state index >= 15 is 0 Å². The number of nitrogens with zero attached hydrogens (tertiary/aromatic N) is 1. The molecule has 1 fully saturated rings. The van der Waals surface area contributed by atoms with Crippen LogP contribution in [0.25, 0.3) is 0 Å². The fraction of sp³-hybridized carbons (Fsp3) is 0.556. The van der Waals surface area contributed by atoms with Gasteiger partial charge in [0.25, 0.3) is 5.91 Å². The normalized spacial score (nSPS) is 14.0. The van der Waals surface area contributed by atoms with Crippen LogP contribution in [0.4, 0.5) is 0 Å². The van der Waals surface area contributed by atoms with Gasteiger partial charge in [-0.05, 0) is 43.0 Å². The van der Waals surface area contributed by atoms with E-state index in [0.717, 1.165) is 19.4 Å². The lowest BCUT2D eigenvalue weighted by Gasteiger charge is -2.24. The van der Waals surface area contributed by atoms with Crippen LogP contribution in [0.3, 0.4) is 0 Å². The van der Waals surface area contributed by atoms with E-state index in [0.29, 0.717) is 29.7 Å². The molecule has 4 nitrogen and oxygen atoms in total. The fourth-order valence-electron chi connectivity index (χ4n) is 2.40. The maximum absolute atomic E-state index is 12.3. The number of carbonyl (C=O) groups excluding carboxylic acids is 2. The fourth-order valence-corrected chi connectivity index (χ4v) is 2.40. The molecule has 0 radical (unpaired) electrons. The van der Waals surface area contributed by atoms with Crippen molar-refractivity contribution in [1.29, 1.82) is 0 Å². The van der Waals surface area contributed by atoms with Crippen molar-refractivity contribution >= 4 is 11.7 Å². The second-order valence-electron chi connectivity index (χ2n) is 6.26. The molecule has 0 heterocycles. The summed E-state index contributed by atoms with van der Waals surface area (Å²) < 4.78 is 5.57. The highest BCUT2D eigenvalue weighted by Crippen LogP contribution is 2.27. The Kier molecular flexibility index (Phi) is 5.58. The quantitative estimate of drug-likeness (QED) is 0.692. The minimum atomic E-state index is 0.0462. The van der Waals surface area contributed by atoms with Gasteiger partial charge in [0.1, 0.15) is 5.75 Å². The number of amides is 1. The molecule has 1 aliphatic carbocycles. The van der Waals surface area contributed by atoms with Gasteiger partial charge in [-0.1, -0.05) is 20.8 Å². The van der Waals surface area contributed by atoms with Crippen LogP contribution < -0.4 is 4.74 Å². The average Bonchev–Trinajstić information content (AvgIpc) is 3.34. The molecule has 0 aromatic heterocycles. The molecule has 120 valence electrons. The van der Waals surface area contributed by atoms with Gasteiger partial charge < -0.3 is 9.64 Å². The Hall–Kier alpha value is -1.84. The van der Waals surface area contributed by atoms with Crippen molar-refractivity contribution in [3.8, 4) is 5.75 Å². The zero-order valence-corrected chi connectivity index (χ0v) is 13.7. The Bertz CT molecular complexity index is 518. The number of Topliss-reactive ketones (excluding diaryl/α,β-unsaturated/α-hetero) is 1. The van der Waals surface area contributed by atoms with Gasteiger partial charge in [-0.15, -0.1) is 0 Å². The lowest BCUT2D eigenvalue weighted by molar-refractivity contribution is -0.134. The Balaban J connectivity index is 1.88. The summed E-state index contributed by atoms with van der Waals surface area (Å²) in [4.78, 5) is 25.8. The standard InChI is InChI=1S/C18H25NO3/c1-4-17(20)14-5-9-16(10-6-14)22-12-18(21)19(11-13(2)3)15-7-8-15/h5-6,9-10,13,15H,4,7-8,11-12H2,1-3H3. The number of ketones is 1. The second kappa shape index (κ2) is 7.43. The van der Waals surface area contributed by atoms with E-state index in [4.69, 9.17) is 4.74 Å². The number of rotatable bonds is 8. The number of hydrogen-bond acceptors (Lipinski definition) is 3. The molecule has 1 aromatic rings. The first-order valence-electron chi connectivity index (χ1n) is 8.06. The van der Waals surface area contributed by atoms with Gasteiger partial charge in [0, 0.05) is 24.6 Å². The van der Waals surface area contributed by atoms with Crippen LogP contribution in [0.1, 0.15) is 50.4 Å². The van der Waals surface area contributed by atoms with Gasteiger partial charge >= 0.3 is 0 Å². The molecular weight excluding hydrogens is 278 g/mol. The third-order valence-electron chi connectivity index (χ3n) is 3.73. The third-order valence-corrected chi connectivity index (χ3v) is 3.73. The summed E-state index contributed by atoms with van der Waals surface area (Å²) in [5.41, 5.74) is 0.681. The SMILES string of the molecule is CCC(=O)c1ccc(OCC(=O)N(CC(C)C)C2CC2)cc1. The molecule has 1 saturated carbocycles. The molecular formula is C18H25NO3. The molecule has 0 N–H and O–H groups in total. The number of ether oxygens (including phenoxy) is 1. The van der Waals surface area contributed by atoms with Gasteiger partial charge in [0.2, 0.25) is 0 Å². The third kappa shape index (κ3) is 4.58. The molecule has 1 amide bonds. The molecule has 1 aromatic carbocycles. The zero-order valence-electron chi connectivity index (χ0n) is 13.7. The summed E-state index contributed by atoms with van der Waals surface area (Å²) >= 11 is 0. The first kappa shape index (κ1) is 16.5. The molecule has 0 unspecified atom stereocenters. The van der Waals surface area contributed by atoms with E-state index in [1.165, 1.54) is 0 Å². The molecule has 1 aliphatic rings. The van der Waals surface area contributed by atoms with Gasteiger partial charge in [0.15, 0.2) is 12.4 Å². The minimum Gasteiger partial charge on any atom is -0.484 e. The topological polar surface area (TPSA) is 46.6 Å². The first-order valence-corrected chi connectivity index (χ1v) is 8.06. The van der Waals surface area contributed by atoms with Crippen molar-refractivity contribution in [3.05, 3.63) is 29.8 Å². The van der Waals surface area contributed by atoms with Crippen LogP contribution in [-0.4, -0.2) is 35.8 Å². The smallest absolute Gasteiger partial charge is 0.260 e. The van der Waals surface area contributed by atoms with Gasteiger partial charge in [-0.2, -0.15) is 0 Å². The summed E-state index contributed by atoms with van der Waals surface area (Å²) in [6, 6.07) is 7.40. The van der Waals surface area contributed by atoms with Crippen molar-refractivity contribution in [1.82, 2.24) is 4.90 Å². The average molecular weight is 303 g/mol. The number of carbonyl (C=O) groups is 2. The lowest BCUT2D eigenvalue weighted by atomic mass is 10.1. The van der Waals surface area contributed by atoms with Crippen molar-refractivity contribution in [2.75, 3.05) is 13.2 Å². The molecule has 0 spiro atoms. The van der Waals surface area contributed by atoms with E-state index < -0.39 is 0 Å². The van der Waals surface area contributed by atoms with Crippen LogP contribution in [0.15, 0.2) is 24.3 Å². The first-order chi connectivity index (χ1) is 10.5. The Labute approximate surface area is 132 Å². The molecule has 4 heteroatoms. The van der Waals surface area contributed by atoms with Gasteiger partial charge in [-0.3, -0.25) is 9.59 Å². The number of hydrogen-bond donors (Lipinski definition) is 0. The number of benzene rings is 1. The second-order valence-corrected chi connectivity index (χ2v) is 6.26. The zero-order chi connectivity index (χ0) is 16.1. The van der Waals surface area contributed by atoms with E-state index in [2.05, 4.69) is 13.8 Å². The highest BCUT2D eigenvalue weighted by Gasteiger charge is 2.32. The van der Waals surface area contributed by atoms with E-state index in [9.17, 15) is 9.59 Å². The van der Waals surface area contributed by atoms with E-state index in [1.807, 2.05) is 11.8 Å². The van der Waals surface area contributed by atoms with Gasteiger partial charge in [-0.25, -0.2) is 0 Å². The highest BCUT2D eigenvalue weighted by molar-refractivity contribution is 5.95. The summed E-state index contributed by atoms with van der Waals surface area (Å²) in [6.07, 6.45) is 2.70. The molecule has 2 rings (SSSR count). The van der Waals surface area contributed by atoms with E-state index in [1.54, 1.807) is 24.3 Å². The van der Waals surface area contributed by atoms with E-state index in [-0.39, 0.29) is 18.3 Å². The monoisotopic (exact) mass is 303 g/mol. The highest BCUT2D eigenvalue weighted by atomic mass is 16.5. The Morgan fingerprint density at radius 1 is 1.23 bits per heavy atom. The molecule has 0 saturated heterocycles. The predicted octanol–water partition coefficient (Wildman–Crippen LogP) is 3.31. The van der Waals surface area contributed by atoms with Crippen molar-refractivity contribution < 1.29 is 14.3 Å². The minimum absolute atomic E-state index is 0.0462. The van der Waals surface area contributed by atoms with Crippen LogP contribution >= 0.6 is 0 Å². The van der Waals surface area contributed by atoms with Crippen LogP contribution in [0.5, 0.6) is 5.75 Å². The summed E-state index contributed by atoms with van der Waals surface area (Å²) in [5.74, 6) is 1.24. The molecule has 0 atom stereocenters. The lowest BCUT2D eigenvalue weighted by Crippen LogP contribution is -2.39. The maximum atomic E-state index is 12.3. The van der Waals surface area contributed by atoms with Crippen molar-refractivity contribution in [3.63, 3.8) is 0 Å². The summed E-state index contributed by atoms with van der Waals surface area (Å²) in [7, 11) is 0. The Morgan fingerprint density at radius 2 is 1.86 bits per heavy atom. The molecule has 22 heavy (non-hydrogen) atoms. The van der Waals surface area contributed by atoms with Crippen molar-refractivity contribution in [2.24, 2.45) is 5.92 Å². The van der Waals surface area contributed by atoms with Crippen LogP contribution in [0, 0.1) is 5.92 Å². The predicted molar refractivity (Wildman–Crippen MR) is 86.1 cm³/mol. The summed E-state index contributed by atoms with van der Waals surface area (Å²) in [6.45, 7) is 6.92. The van der Waals surface area contributed by atoms with Gasteiger partial charge in [0.05, 0.1) is 0 Å². The maximum Gasteiger partial charge on any atom is 0.260 e. The molecule has 0 bridgehead atoms. The largest absolute Gasteiger partial charge is 0.484 e. The van der Waals surface area contributed by atoms with Crippen LogP contribution in [-0.2, 0) is 4.79 Å². The summed E-state index contributed by atoms with van der Waals surface area (Å²) in [5, 5.41) is 0. The molecule has 0 aliphatic heterocycles. The van der Waals surface area contributed by atoms with Crippen molar-refractivity contribution in [2.45, 2.75) is 46.1 Å². The Morgan fingerprint density at radius 3 is 2.36 bits per heavy atom. The van der Waals surface area contributed by atoms with Crippen LogP contribution in [0.2, 0.25) is 0 Å².